The fourth-order valence-electron chi connectivity index (χ4n) is 2.86. The van der Waals surface area contributed by atoms with Gasteiger partial charge in [0, 0.05) is 21.1 Å². The van der Waals surface area contributed by atoms with Gasteiger partial charge in [0.1, 0.15) is 5.45 Å². The van der Waals surface area contributed by atoms with Crippen LogP contribution in [-0.2, 0) is 44.3 Å². The third-order valence-electron chi connectivity index (χ3n) is 3.01. The van der Waals surface area contributed by atoms with Crippen molar-refractivity contribution < 1.29 is 44.3 Å². The second kappa shape index (κ2) is 21.3. The summed E-state index contributed by atoms with van der Waals surface area (Å²) in [5.41, 5.74) is 1.46. The van der Waals surface area contributed by atoms with E-state index in [1.807, 2.05) is 11.3 Å². The fraction of sp³-hybridized carbons (Fsp3) is 0.412. The van der Waals surface area contributed by atoms with Gasteiger partial charge in [-0.05, 0) is 16.4 Å². The quantitative estimate of drug-likeness (QED) is 0.198. The van der Waals surface area contributed by atoms with Crippen LogP contribution in [0.5, 0.6) is 0 Å². The molecule has 1 aliphatic heterocycles. The summed E-state index contributed by atoms with van der Waals surface area (Å²) in [5, 5.41) is 2.17. The van der Waals surface area contributed by atoms with E-state index in [9.17, 15) is 0 Å². The largest absolute Gasteiger partial charge is 0 e. The number of thiophene rings is 1. The minimum Gasteiger partial charge on any atom is 0 e. The summed E-state index contributed by atoms with van der Waals surface area (Å²) in [6.45, 7) is 37.7. The van der Waals surface area contributed by atoms with Gasteiger partial charge < -0.3 is 0 Å². The predicted molar refractivity (Wildman–Crippen MR) is 108 cm³/mol. The van der Waals surface area contributed by atoms with Crippen molar-refractivity contribution >= 4 is 41.0 Å². The van der Waals surface area contributed by atoms with Crippen molar-refractivity contribution in [3.63, 3.8) is 0 Å². The van der Waals surface area contributed by atoms with Crippen LogP contribution in [0.4, 0.5) is 0 Å². The summed E-state index contributed by atoms with van der Waals surface area (Å²) >= 11 is 1.85. The average Bonchev–Trinajstić information content (AvgIpc) is 3.21. The van der Waals surface area contributed by atoms with E-state index >= 15 is 0 Å². The second-order valence-electron chi connectivity index (χ2n) is 6.88. The minimum atomic E-state index is -1.10. The van der Waals surface area contributed by atoms with Gasteiger partial charge in [0.25, 0.3) is 0 Å². The third-order valence-corrected chi connectivity index (χ3v) is 20.1. The van der Waals surface area contributed by atoms with Crippen LogP contribution in [0.25, 0.3) is 0 Å². The van der Waals surface area contributed by atoms with Crippen molar-refractivity contribution in [3.8, 4) is 0 Å². The number of hydrogen-bond donors (Lipinski definition) is 0. The van der Waals surface area contributed by atoms with Crippen molar-refractivity contribution in [1.82, 2.24) is 0 Å². The molecule has 1 atom stereocenters. The maximum atomic E-state index is 7.50. The molecule has 1 unspecified atom stereocenters. The molecule has 150 valence electrons. The Bertz CT molecular complexity index is 595. The number of nitrogens with zero attached hydrogens (tertiary/aromatic N) is 1. The Morgan fingerprint density at radius 3 is 1.43 bits per heavy atom. The van der Waals surface area contributed by atoms with Crippen LogP contribution in [0.15, 0.2) is 22.3 Å². The molecule has 0 bridgehead atoms. The zero-order valence-electron chi connectivity index (χ0n) is 16.6. The molecular weight excluding hydrogens is 601 g/mol. The molecule has 0 aliphatic carbocycles. The van der Waals surface area contributed by atoms with Crippen LogP contribution in [0.2, 0.25) is 39.3 Å². The van der Waals surface area contributed by atoms with E-state index < -0.39 is 16.1 Å². The van der Waals surface area contributed by atoms with Gasteiger partial charge in [0.15, 0.2) is 0 Å². The van der Waals surface area contributed by atoms with E-state index in [1.54, 1.807) is 0 Å². The summed E-state index contributed by atoms with van der Waals surface area (Å²) in [4.78, 5) is 2.37. The molecule has 0 amide bonds. The van der Waals surface area contributed by atoms with E-state index in [0.29, 0.717) is 0 Å². The predicted octanol–water partition coefficient (Wildman–Crippen LogP) is 4.84. The van der Waals surface area contributed by atoms with Crippen molar-refractivity contribution in [2.75, 3.05) is 0 Å². The first-order chi connectivity index (χ1) is 12.7. The van der Waals surface area contributed by atoms with Crippen LogP contribution < -0.4 is 0 Å². The Balaban J connectivity index is -0.000000140. The van der Waals surface area contributed by atoms with Gasteiger partial charge in [-0.15, -0.1) is 11.3 Å². The molecular formula is C17H22NO5PSSi2W. The molecule has 0 fully saturated rings. The molecule has 0 saturated heterocycles. The molecule has 6 nitrogen and oxygen atoms in total. The van der Waals surface area contributed by atoms with E-state index in [1.165, 1.54) is 10.3 Å². The standard InChI is InChI=1S/C12H22NPSSi2.5CO.W/c1-16(2,3)12(17(4,5)6)14-11(13-14)10-8-7-9-15-10;5*1-2;/h7-9,12H,1-6H3;;;;;;. The van der Waals surface area contributed by atoms with E-state index in [2.05, 4.69) is 90.0 Å². The molecule has 11 heteroatoms. The number of rotatable bonds is 4. The maximum Gasteiger partial charge on any atom is 0 e. The van der Waals surface area contributed by atoms with Crippen LogP contribution in [-0.4, -0.2) is 26.5 Å². The van der Waals surface area contributed by atoms with Gasteiger partial charge in [-0.1, -0.05) is 45.3 Å². The normalized spacial score (nSPS) is 12.9. The zero-order valence-corrected chi connectivity index (χ0v) is 23.2. The van der Waals surface area contributed by atoms with E-state index in [0.717, 1.165) is 4.91 Å². The summed E-state index contributed by atoms with van der Waals surface area (Å²) in [5.74, 6) is 0. The van der Waals surface area contributed by atoms with E-state index in [4.69, 9.17) is 28.0 Å². The van der Waals surface area contributed by atoms with Crippen molar-refractivity contribution in [1.29, 1.82) is 0 Å². The third kappa shape index (κ3) is 14.6. The number of hydrogen-bond acceptors (Lipinski definition) is 2. The average molecular weight is 623 g/mol. The zero-order chi connectivity index (χ0) is 22.8. The Morgan fingerprint density at radius 1 is 0.821 bits per heavy atom. The topological polar surface area (TPSA) is 112 Å². The summed E-state index contributed by atoms with van der Waals surface area (Å²) < 4.78 is 42.4. The second-order valence-corrected chi connectivity index (χ2v) is 21.8. The van der Waals surface area contributed by atoms with E-state index in [-0.39, 0.29) is 29.1 Å². The van der Waals surface area contributed by atoms with Crippen molar-refractivity contribution in [2.24, 2.45) is 4.76 Å². The molecule has 1 aromatic heterocycles. The molecule has 0 aromatic carbocycles. The SMILES string of the molecule is C[Si](C)(C)C(P1N=C1c1cccs1)[Si](C)(C)C.[C-]#[O+].[C-]#[O+].[C-]#[O+].[C-]#[O+].[C-]#[O+].[W]. The van der Waals surface area contributed by atoms with Crippen molar-refractivity contribution in [2.45, 2.75) is 44.2 Å². The molecule has 2 rings (SSSR count). The van der Waals surface area contributed by atoms with Gasteiger partial charge in [0.2, 0.25) is 0 Å². The van der Waals surface area contributed by atoms with Gasteiger partial charge in [-0.3, -0.25) is 4.76 Å². The van der Waals surface area contributed by atoms with Gasteiger partial charge in [-0.2, -0.15) is 0 Å². The Labute approximate surface area is 189 Å². The Morgan fingerprint density at radius 2 is 1.18 bits per heavy atom. The first-order valence-corrected chi connectivity index (χ1v) is 16.5. The summed E-state index contributed by atoms with van der Waals surface area (Å²) in [7, 11) is -2.32. The molecule has 28 heavy (non-hydrogen) atoms. The summed E-state index contributed by atoms with van der Waals surface area (Å²) in [6.07, 6.45) is 0. The van der Waals surface area contributed by atoms with Crippen LogP contribution in [0.1, 0.15) is 4.88 Å². The summed E-state index contributed by atoms with van der Waals surface area (Å²) in [6, 6.07) is 4.38. The van der Waals surface area contributed by atoms with Crippen LogP contribution in [0, 0.1) is 33.3 Å². The fourth-order valence-corrected chi connectivity index (χ4v) is 22.4. The molecule has 2 heterocycles. The van der Waals surface area contributed by atoms with Crippen LogP contribution in [0.3, 0.4) is 0 Å². The molecule has 0 spiro atoms. The molecule has 0 saturated carbocycles. The van der Waals surface area contributed by atoms with Crippen LogP contribution >= 0.6 is 19.4 Å². The van der Waals surface area contributed by atoms with Gasteiger partial charge in [-0.25, -0.2) is 0 Å². The first kappa shape index (κ1) is 38.3. The molecule has 0 radical (unpaired) electrons. The first-order valence-electron chi connectivity index (χ1n) is 7.15. The molecule has 1 aromatic rings. The molecule has 0 N–H and O–H groups in total. The minimum absolute atomic E-state index is 0. The smallest absolute Gasteiger partial charge is 0 e. The van der Waals surface area contributed by atoms with Gasteiger partial charge in [0.05, 0.1) is 29.1 Å². The monoisotopic (exact) mass is 623 g/mol. The van der Waals surface area contributed by atoms with Crippen molar-refractivity contribution in [3.05, 3.63) is 55.6 Å². The Hall–Kier alpha value is -0.378. The van der Waals surface area contributed by atoms with Gasteiger partial charge >= 0.3 is 56.5 Å². The molecule has 1 aliphatic rings. The Kier molecular flexibility index (Phi) is 29.1. The maximum absolute atomic E-state index is 7.50.